The van der Waals surface area contributed by atoms with E-state index in [-0.39, 0.29) is 11.5 Å². The summed E-state index contributed by atoms with van der Waals surface area (Å²) in [5, 5.41) is 13.1. The second-order valence-electron chi connectivity index (χ2n) is 9.92. The Morgan fingerprint density at radius 3 is 2.46 bits per heavy atom. The number of rotatable bonds is 9. The predicted molar refractivity (Wildman–Crippen MR) is 147 cm³/mol. The molecule has 1 aromatic heterocycles. The summed E-state index contributed by atoms with van der Waals surface area (Å²) in [4.78, 5) is 13.7. The minimum atomic E-state index is -3.81. The van der Waals surface area contributed by atoms with E-state index in [1.54, 1.807) is 26.0 Å². The molecule has 37 heavy (non-hydrogen) atoms. The van der Waals surface area contributed by atoms with Crippen molar-refractivity contribution >= 4 is 38.9 Å². The first-order chi connectivity index (χ1) is 17.5. The van der Waals surface area contributed by atoms with Gasteiger partial charge in [0.1, 0.15) is 0 Å². The molecule has 0 bridgehead atoms. The van der Waals surface area contributed by atoms with Gasteiger partial charge in [0.05, 0.1) is 34.0 Å². The molecule has 0 radical (unpaired) electrons. The standard InChI is InChI=1S/C26H33ClN6O3S/c1-26(2,18-34)31-37(35,36)22-6-4-5-19(15-22)16-24-23(27)17-28-25(30-24)29-20-7-9-21(10-8-20)33-13-11-32(3)12-14-33/h4-10,15,17,31,34H,11-14,16,18H2,1-3H3,(H,28,29,30). The fraction of sp³-hybridized carbons (Fsp3) is 0.385. The van der Waals surface area contributed by atoms with Crippen molar-refractivity contribution in [3.05, 3.63) is 71.0 Å². The Morgan fingerprint density at radius 1 is 1.08 bits per heavy atom. The van der Waals surface area contributed by atoms with E-state index in [9.17, 15) is 13.5 Å². The minimum absolute atomic E-state index is 0.107. The maximum absolute atomic E-state index is 12.8. The van der Waals surface area contributed by atoms with Gasteiger partial charge in [0, 0.05) is 44.0 Å². The van der Waals surface area contributed by atoms with Gasteiger partial charge in [0.15, 0.2) is 0 Å². The first kappa shape index (κ1) is 27.3. The number of anilines is 3. The van der Waals surface area contributed by atoms with Crippen molar-refractivity contribution < 1.29 is 13.5 Å². The fourth-order valence-electron chi connectivity index (χ4n) is 4.01. The molecule has 1 fully saturated rings. The molecule has 0 saturated carbocycles. The molecule has 1 saturated heterocycles. The van der Waals surface area contributed by atoms with Gasteiger partial charge in [-0.2, -0.15) is 0 Å². The van der Waals surface area contributed by atoms with Crippen LogP contribution in [0.25, 0.3) is 0 Å². The minimum Gasteiger partial charge on any atom is -0.394 e. The van der Waals surface area contributed by atoms with Gasteiger partial charge in [0.25, 0.3) is 0 Å². The third kappa shape index (κ3) is 7.18. The van der Waals surface area contributed by atoms with Crippen molar-refractivity contribution in [2.24, 2.45) is 0 Å². The van der Waals surface area contributed by atoms with Gasteiger partial charge >= 0.3 is 0 Å². The first-order valence-electron chi connectivity index (χ1n) is 12.1. The van der Waals surface area contributed by atoms with Crippen molar-refractivity contribution in [3.8, 4) is 0 Å². The fourth-order valence-corrected chi connectivity index (χ4v) is 5.64. The molecule has 2 aromatic carbocycles. The number of aromatic nitrogens is 2. The summed E-state index contributed by atoms with van der Waals surface area (Å²) in [5.74, 6) is 0.405. The molecule has 0 amide bonds. The number of benzene rings is 2. The van der Waals surface area contributed by atoms with E-state index in [4.69, 9.17) is 11.6 Å². The summed E-state index contributed by atoms with van der Waals surface area (Å²) in [6.07, 6.45) is 1.86. The van der Waals surface area contributed by atoms with Gasteiger partial charge in [-0.15, -0.1) is 0 Å². The SMILES string of the molecule is CN1CCN(c2ccc(Nc3ncc(Cl)c(Cc4cccc(S(=O)(=O)NC(C)(C)CO)c4)n3)cc2)CC1. The Morgan fingerprint density at radius 2 is 1.78 bits per heavy atom. The van der Waals surface area contributed by atoms with Crippen LogP contribution in [-0.2, 0) is 16.4 Å². The third-order valence-electron chi connectivity index (χ3n) is 6.19. The molecule has 11 heteroatoms. The molecule has 1 aliphatic rings. The molecule has 3 aromatic rings. The number of aliphatic hydroxyl groups is 1. The number of sulfonamides is 1. The van der Waals surface area contributed by atoms with Crippen LogP contribution in [0.4, 0.5) is 17.3 Å². The molecule has 0 spiro atoms. The number of hydrogen-bond acceptors (Lipinski definition) is 8. The van der Waals surface area contributed by atoms with E-state index in [1.807, 2.05) is 18.2 Å². The van der Waals surface area contributed by atoms with Crippen molar-refractivity contribution in [2.75, 3.05) is 50.1 Å². The first-order valence-corrected chi connectivity index (χ1v) is 14.0. The van der Waals surface area contributed by atoms with E-state index >= 15 is 0 Å². The van der Waals surface area contributed by atoms with Crippen LogP contribution in [-0.4, -0.2) is 73.8 Å². The Hall–Kier alpha value is -2.76. The van der Waals surface area contributed by atoms with Crippen LogP contribution in [0.3, 0.4) is 0 Å². The largest absolute Gasteiger partial charge is 0.394 e. The average Bonchev–Trinajstić information content (AvgIpc) is 2.87. The lowest BCUT2D eigenvalue weighted by Crippen LogP contribution is -2.46. The van der Waals surface area contributed by atoms with Crippen LogP contribution in [0, 0.1) is 0 Å². The van der Waals surface area contributed by atoms with Gasteiger partial charge in [0.2, 0.25) is 16.0 Å². The van der Waals surface area contributed by atoms with E-state index in [2.05, 4.69) is 49.0 Å². The zero-order chi connectivity index (χ0) is 26.6. The quantitative estimate of drug-likeness (QED) is 0.376. The summed E-state index contributed by atoms with van der Waals surface area (Å²) >= 11 is 6.38. The van der Waals surface area contributed by atoms with Crippen LogP contribution in [0.15, 0.2) is 59.6 Å². The maximum Gasteiger partial charge on any atom is 0.241 e. The highest BCUT2D eigenvalue weighted by Gasteiger charge is 2.25. The summed E-state index contributed by atoms with van der Waals surface area (Å²) in [6.45, 7) is 7.01. The van der Waals surface area contributed by atoms with Crippen molar-refractivity contribution in [3.63, 3.8) is 0 Å². The molecule has 0 aliphatic carbocycles. The molecule has 4 rings (SSSR count). The van der Waals surface area contributed by atoms with Crippen molar-refractivity contribution in [2.45, 2.75) is 30.7 Å². The number of piperazine rings is 1. The molecular formula is C26H33ClN6O3S. The van der Waals surface area contributed by atoms with Gasteiger partial charge in [-0.25, -0.2) is 23.1 Å². The highest BCUT2D eigenvalue weighted by Crippen LogP contribution is 2.24. The lowest BCUT2D eigenvalue weighted by molar-refractivity contribution is 0.208. The number of nitrogens with zero attached hydrogens (tertiary/aromatic N) is 4. The number of likely N-dealkylation sites (N-methyl/N-ethyl adjacent to an activating group) is 1. The summed E-state index contributed by atoms with van der Waals surface area (Å²) in [6, 6.07) is 14.8. The predicted octanol–water partition coefficient (Wildman–Crippen LogP) is 3.27. The second-order valence-corrected chi connectivity index (χ2v) is 12.0. The molecule has 1 aliphatic heterocycles. The van der Waals surface area contributed by atoms with Crippen LogP contribution in [0.5, 0.6) is 0 Å². The molecule has 2 heterocycles. The Labute approximate surface area is 223 Å². The Kier molecular flexibility index (Phi) is 8.35. The lowest BCUT2D eigenvalue weighted by atomic mass is 10.1. The van der Waals surface area contributed by atoms with Crippen molar-refractivity contribution in [1.82, 2.24) is 19.6 Å². The summed E-state index contributed by atoms with van der Waals surface area (Å²) < 4.78 is 28.1. The monoisotopic (exact) mass is 544 g/mol. The van der Waals surface area contributed by atoms with Gasteiger partial charge in [-0.3, -0.25) is 0 Å². The number of halogens is 1. The normalized spacial score (nSPS) is 15.1. The van der Waals surface area contributed by atoms with E-state index in [0.717, 1.165) is 37.4 Å². The van der Waals surface area contributed by atoms with Crippen LogP contribution in [0.2, 0.25) is 5.02 Å². The third-order valence-corrected chi connectivity index (χ3v) is 8.21. The Balaban J connectivity index is 1.46. The van der Waals surface area contributed by atoms with Crippen LogP contribution < -0.4 is 14.9 Å². The number of aliphatic hydroxyl groups excluding tert-OH is 1. The molecule has 0 unspecified atom stereocenters. The molecule has 198 valence electrons. The second kappa shape index (κ2) is 11.3. The summed E-state index contributed by atoms with van der Waals surface area (Å²) in [5.41, 5.74) is 2.37. The highest BCUT2D eigenvalue weighted by molar-refractivity contribution is 7.89. The van der Waals surface area contributed by atoms with Gasteiger partial charge in [-0.1, -0.05) is 23.7 Å². The van der Waals surface area contributed by atoms with Crippen LogP contribution in [0.1, 0.15) is 25.1 Å². The Bertz CT molecular complexity index is 1330. The lowest BCUT2D eigenvalue weighted by Gasteiger charge is -2.34. The van der Waals surface area contributed by atoms with Crippen LogP contribution >= 0.6 is 11.6 Å². The van der Waals surface area contributed by atoms with Crippen molar-refractivity contribution in [1.29, 1.82) is 0 Å². The molecule has 9 nitrogen and oxygen atoms in total. The highest BCUT2D eigenvalue weighted by atomic mass is 35.5. The van der Waals surface area contributed by atoms with Gasteiger partial charge in [-0.05, 0) is 62.9 Å². The molecular weight excluding hydrogens is 512 g/mol. The average molecular weight is 545 g/mol. The zero-order valence-corrected chi connectivity index (χ0v) is 22.8. The van der Waals surface area contributed by atoms with Gasteiger partial charge < -0.3 is 20.2 Å². The molecule has 0 atom stereocenters. The number of hydrogen-bond donors (Lipinski definition) is 3. The van der Waals surface area contributed by atoms with E-state index < -0.39 is 15.6 Å². The smallest absolute Gasteiger partial charge is 0.241 e. The number of nitrogens with one attached hydrogen (secondary N) is 2. The van der Waals surface area contributed by atoms with E-state index in [1.165, 1.54) is 18.0 Å². The topological polar surface area (TPSA) is 111 Å². The van der Waals surface area contributed by atoms with E-state index in [0.29, 0.717) is 23.1 Å². The molecule has 3 N–H and O–H groups in total. The maximum atomic E-state index is 12.8. The summed E-state index contributed by atoms with van der Waals surface area (Å²) in [7, 11) is -1.67. The zero-order valence-electron chi connectivity index (χ0n) is 21.3.